The van der Waals surface area contributed by atoms with Crippen molar-refractivity contribution in [1.82, 2.24) is 15.5 Å². The molecule has 2 saturated heterocycles. The summed E-state index contributed by atoms with van der Waals surface area (Å²) in [4.78, 5) is 24.4. The maximum Gasteiger partial charge on any atom is 0.279 e. The molecular formula is C8H13N3O2S. The molecule has 1 unspecified atom stereocenters. The van der Waals surface area contributed by atoms with Crippen LogP contribution in [-0.2, 0) is 4.79 Å². The second-order valence-corrected chi connectivity index (χ2v) is 4.55. The van der Waals surface area contributed by atoms with E-state index in [1.54, 1.807) is 11.9 Å². The first kappa shape index (κ1) is 9.79. The second-order valence-electron chi connectivity index (χ2n) is 3.56. The van der Waals surface area contributed by atoms with E-state index < -0.39 is 0 Å². The highest BCUT2D eigenvalue weighted by atomic mass is 32.2. The van der Waals surface area contributed by atoms with Crippen LogP contribution in [0.15, 0.2) is 0 Å². The van der Waals surface area contributed by atoms with Gasteiger partial charge in [-0.15, -0.1) is 0 Å². The molecule has 0 spiro atoms. The molecule has 2 fully saturated rings. The smallest absolute Gasteiger partial charge is 0.279 e. The van der Waals surface area contributed by atoms with Crippen LogP contribution in [-0.4, -0.2) is 54.0 Å². The molecular weight excluding hydrogens is 202 g/mol. The summed E-state index contributed by atoms with van der Waals surface area (Å²) in [5, 5.41) is 5.67. The lowest BCUT2D eigenvalue weighted by Crippen LogP contribution is -2.60. The van der Waals surface area contributed by atoms with Crippen LogP contribution in [0.2, 0.25) is 0 Å². The highest BCUT2D eigenvalue weighted by molar-refractivity contribution is 8.14. The minimum Gasteiger partial charge on any atom is -0.338 e. The Morgan fingerprint density at radius 2 is 2.29 bits per heavy atom. The third-order valence-corrected chi connectivity index (χ3v) is 3.51. The van der Waals surface area contributed by atoms with E-state index in [0.29, 0.717) is 11.8 Å². The van der Waals surface area contributed by atoms with Crippen molar-refractivity contribution in [1.29, 1.82) is 0 Å². The molecule has 5 nitrogen and oxygen atoms in total. The van der Waals surface area contributed by atoms with Gasteiger partial charge in [0.25, 0.3) is 5.24 Å². The van der Waals surface area contributed by atoms with E-state index in [9.17, 15) is 9.59 Å². The zero-order chi connectivity index (χ0) is 10.1. The first-order valence-corrected chi connectivity index (χ1v) is 5.57. The van der Waals surface area contributed by atoms with Gasteiger partial charge in [0.05, 0.1) is 6.04 Å². The van der Waals surface area contributed by atoms with Gasteiger partial charge < -0.3 is 15.5 Å². The number of hydrogen-bond donors (Lipinski definition) is 2. The van der Waals surface area contributed by atoms with Crippen molar-refractivity contribution < 1.29 is 9.59 Å². The van der Waals surface area contributed by atoms with Crippen molar-refractivity contribution in [2.75, 3.05) is 25.9 Å². The topological polar surface area (TPSA) is 61.4 Å². The van der Waals surface area contributed by atoms with Gasteiger partial charge in [-0.25, -0.2) is 0 Å². The Hall–Kier alpha value is -0.750. The van der Waals surface area contributed by atoms with E-state index in [0.717, 1.165) is 13.1 Å². The summed E-state index contributed by atoms with van der Waals surface area (Å²) in [6.45, 7) is 1.71. The van der Waals surface area contributed by atoms with Crippen LogP contribution >= 0.6 is 11.8 Å². The standard InChI is InChI=1S/C8H13N3O2S/c1-11(5-2-9-3-5)7(12)6-4-14-8(13)10-6/h5-6,9H,2-4H2,1H3,(H,10,13). The van der Waals surface area contributed by atoms with Gasteiger partial charge >= 0.3 is 0 Å². The van der Waals surface area contributed by atoms with Gasteiger partial charge in [-0.05, 0) is 0 Å². The Morgan fingerprint density at radius 1 is 1.57 bits per heavy atom. The summed E-state index contributed by atoms with van der Waals surface area (Å²) in [6.07, 6.45) is 0. The van der Waals surface area contributed by atoms with Crippen LogP contribution in [0.4, 0.5) is 4.79 Å². The Morgan fingerprint density at radius 3 is 2.71 bits per heavy atom. The molecule has 2 aliphatic heterocycles. The number of hydrogen-bond acceptors (Lipinski definition) is 4. The van der Waals surface area contributed by atoms with Crippen LogP contribution in [0.3, 0.4) is 0 Å². The number of nitrogens with zero attached hydrogens (tertiary/aromatic N) is 1. The Labute approximate surface area is 86.6 Å². The quantitative estimate of drug-likeness (QED) is 0.636. The van der Waals surface area contributed by atoms with Crippen molar-refractivity contribution in [2.45, 2.75) is 12.1 Å². The van der Waals surface area contributed by atoms with Gasteiger partial charge in [-0.1, -0.05) is 11.8 Å². The molecule has 0 aliphatic carbocycles. The molecule has 78 valence electrons. The fourth-order valence-electron chi connectivity index (χ4n) is 1.49. The molecule has 0 bridgehead atoms. The maximum absolute atomic E-state index is 11.8. The van der Waals surface area contributed by atoms with Crippen LogP contribution in [0.5, 0.6) is 0 Å². The summed E-state index contributed by atoms with van der Waals surface area (Å²) in [5.74, 6) is 0.581. The Kier molecular flexibility index (Phi) is 2.64. The highest BCUT2D eigenvalue weighted by Crippen LogP contribution is 2.15. The number of amides is 2. The third kappa shape index (κ3) is 1.72. The predicted molar refractivity (Wildman–Crippen MR) is 54.2 cm³/mol. The molecule has 2 heterocycles. The largest absolute Gasteiger partial charge is 0.338 e. The lowest BCUT2D eigenvalue weighted by Gasteiger charge is -2.36. The first-order chi connectivity index (χ1) is 6.68. The molecule has 0 aromatic heterocycles. The molecule has 2 rings (SSSR count). The molecule has 6 heteroatoms. The molecule has 2 amide bonds. The van der Waals surface area contributed by atoms with E-state index >= 15 is 0 Å². The summed E-state index contributed by atoms with van der Waals surface area (Å²) < 4.78 is 0. The number of carbonyl (C=O) groups is 2. The fourth-order valence-corrected chi connectivity index (χ4v) is 2.26. The number of likely N-dealkylation sites (N-methyl/N-ethyl adjacent to an activating group) is 1. The molecule has 0 aromatic rings. The van der Waals surface area contributed by atoms with E-state index in [2.05, 4.69) is 10.6 Å². The normalized spacial score (nSPS) is 26.9. The monoisotopic (exact) mass is 215 g/mol. The average molecular weight is 215 g/mol. The highest BCUT2D eigenvalue weighted by Gasteiger charge is 2.34. The third-order valence-electron chi connectivity index (χ3n) is 2.63. The van der Waals surface area contributed by atoms with Gasteiger partial charge in [-0.3, -0.25) is 9.59 Å². The molecule has 0 aromatic carbocycles. The summed E-state index contributed by atoms with van der Waals surface area (Å²) >= 11 is 1.18. The van der Waals surface area contributed by atoms with Crippen LogP contribution in [0.25, 0.3) is 0 Å². The molecule has 0 radical (unpaired) electrons. The minimum absolute atomic E-state index is 0.0230. The number of nitrogens with one attached hydrogen (secondary N) is 2. The minimum atomic E-state index is -0.321. The van der Waals surface area contributed by atoms with Gasteiger partial charge in [0.2, 0.25) is 5.91 Å². The predicted octanol–water partition coefficient (Wildman–Crippen LogP) is -0.758. The molecule has 2 N–H and O–H groups in total. The van der Waals surface area contributed by atoms with Crippen LogP contribution in [0, 0.1) is 0 Å². The summed E-state index contributed by atoms with van der Waals surface area (Å²) in [7, 11) is 1.79. The van der Waals surface area contributed by atoms with Crippen molar-refractivity contribution in [2.24, 2.45) is 0 Å². The van der Waals surface area contributed by atoms with Crippen molar-refractivity contribution in [3.63, 3.8) is 0 Å². The first-order valence-electron chi connectivity index (χ1n) is 4.59. The van der Waals surface area contributed by atoms with Gasteiger partial charge in [0.15, 0.2) is 0 Å². The van der Waals surface area contributed by atoms with Gasteiger partial charge in [0, 0.05) is 25.9 Å². The summed E-state index contributed by atoms with van der Waals surface area (Å²) in [5.41, 5.74) is 0. The number of rotatable bonds is 2. The van der Waals surface area contributed by atoms with Gasteiger partial charge in [-0.2, -0.15) is 0 Å². The Balaban J connectivity index is 1.90. The van der Waals surface area contributed by atoms with E-state index in [-0.39, 0.29) is 17.2 Å². The van der Waals surface area contributed by atoms with E-state index in [1.165, 1.54) is 11.8 Å². The van der Waals surface area contributed by atoms with Gasteiger partial charge in [0.1, 0.15) is 6.04 Å². The van der Waals surface area contributed by atoms with E-state index in [1.807, 2.05) is 0 Å². The number of thioether (sulfide) groups is 1. The zero-order valence-electron chi connectivity index (χ0n) is 7.95. The number of carbonyl (C=O) groups excluding carboxylic acids is 2. The fraction of sp³-hybridized carbons (Fsp3) is 0.750. The lowest BCUT2D eigenvalue weighted by molar-refractivity contribution is -0.134. The van der Waals surface area contributed by atoms with Crippen LogP contribution < -0.4 is 10.6 Å². The van der Waals surface area contributed by atoms with Crippen molar-refractivity contribution in [3.05, 3.63) is 0 Å². The molecule has 1 atom stereocenters. The SMILES string of the molecule is CN(C(=O)C1CSC(=O)N1)C1CNC1. The van der Waals surface area contributed by atoms with E-state index in [4.69, 9.17) is 0 Å². The lowest BCUT2D eigenvalue weighted by atomic mass is 10.1. The summed E-state index contributed by atoms with van der Waals surface area (Å²) in [6, 6.07) is -0.0249. The average Bonchev–Trinajstić information content (AvgIpc) is 2.47. The molecule has 14 heavy (non-hydrogen) atoms. The van der Waals surface area contributed by atoms with Crippen molar-refractivity contribution >= 4 is 22.9 Å². The molecule has 0 saturated carbocycles. The zero-order valence-corrected chi connectivity index (χ0v) is 8.76. The molecule has 2 aliphatic rings. The van der Waals surface area contributed by atoms with Crippen molar-refractivity contribution in [3.8, 4) is 0 Å². The maximum atomic E-state index is 11.8. The van der Waals surface area contributed by atoms with Crippen LogP contribution in [0.1, 0.15) is 0 Å². The second kappa shape index (κ2) is 3.78. The Bertz CT molecular complexity index is 267.